The molecule has 5 nitrogen and oxygen atoms in total. The Morgan fingerprint density at radius 3 is 2.76 bits per heavy atom. The molecule has 0 fully saturated rings. The average Bonchev–Trinajstić information content (AvgIpc) is 2.91. The summed E-state index contributed by atoms with van der Waals surface area (Å²) in [5.74, 6) is -1.17. The maximum Gasteiger partial charge on any atom is 0.336 e. The fraction of sp³-hybridized carbons (Fsp3) is 0.357. The molecule has 7 heteroatoms. The van der Waals surface area contributed by atoms with E-state index in [1.54, 1.807) is 0 Å². The van der Waals surface area contributed by atoms with Gasteiger partial charge in [-0.3, -0.25) is 0 Å². The van der Waals surface area contributed by atoms with Crippen LogP contribution in [-0.2, 0) is 10.0 Å². The second-order valence-corrected chi connectivity index (χ2v) is 7.47. The van der Waals surface area contributed by atoms with Crippen LogP contribution in [0.4, 0.5) is 0 Å². The lowest BCUT2D eigenvalue weighted by Crippen LogP contribution is -2.25. The van der Waals surface area contributed by atoms with Gasteiger partial charge in [-0.05, 0) is 59.8 Å². The second-order valence-electron chi connectivity index (χ2n) is 4.85. The number of halogens is 1. The molecule has 1 aliphatic rings. The first-order valence-corrected chi connectivity index (χ1v) is 8.88. The number of rotatable bonds is 6. The zero-order valence-corrected chi connectivity index (χ0v) is 13.7. The Balaban J connectivity index is 2.08. The minimum absolute atomic E-state index is 0.0384. The molecule has 0 amide bonds. The number of sulfonamides is 1. The smallest absolute Gasteiger partial charge is 0.336 e. The molecule has 0 aromatic heterocycles. The van der Waals surface area contributed by atoms with Crippen LogP contribution in [0.3, 0.4) is 0 Å². The summed E-state index contributed by atoms with van der Waals surface area (Å²) in [6, 6.07) is 3.97. The largest absolute Gasteiger partial charge is 0.478 e. The number of carbonyl (C=O) groups is 1. The van der Waals surface area contributed by atoms with Crippen LogP contribution >= 0.6 is 15.9 Å². The zero-order valence-electron chi connectivity index (χ0n) is 11.3. The van der Waals surface area contributed by atoms with Crippen molar-refractivity contribution in [2.45, 2.75) is 30.6 Å². The molecule has 21 heavy (non-hydrogen) atoms. The van der Waals surface area contributed by atoms with Gasteiger partial charge in [-0.2, -0.15) is 0 Å². The third-order valence-electron chi connectivity index (χ3n) is 3.35. The lowest BCUT2D eigenvalue weighted by Gasteiger charge is -2.08. The zero-order chi connectivity index (χ0) is 15.5. The van der Waals surface area contributed by atoms with Gasteiger partial charge in [0.25, 0.3) is 0 Å². The molecule has 0 bridgehead atoms. The Kier molecular flexibility index (Phi) is 5.18. The minimum atomic E-state index is -3.69. The number of carboxylic acid groups (broad SMARTS) is 1. The SMILES string of the molecule is O=C(O)c1cc(S(=O)(=O)NCCC2=CCCC2)ccc1Br. The summed E-state index contributed by atoms with van der Waals surface area (Å²) < 4.78 is 27.2. The van der Waals surface area contributed by atoms with E-state index in [9.17, 15) is 13.2 Å². The van der Waals surface area contributed by atoms with Crippen molar-refractivity contribution in [3.63, 3.8) is 0 Å². The number of hydrogen-bond donors (Lipinski definition) is 2. The minimum Gasteiger partial charge on any atom is -0.478 e. The topological polar surface area (TPSA) is 83.5 Å². The number of nitrogens with one attached hydrogen (secondary N) is 1. The van der Waals surface area contributed by atoms with Crippen LogP contribution in [0.25, 0.3) is 0 Å². The summed E-state index contributed by atoms with van der Waals surface area (Å²) >= 11 is 3.09. The van der Waals surface area contributed by atoms with Crippen molar-refractivity contribution in [2.75, 3.05) is 6.54 Å². The van der Waals surface area contributed by atoms with Gasteiger partial charge in [0.05, 0.1) is 10.5 Å². The summed E-state index contributed by atoms with van der Waals surface area (Å²) in [5.41, 5.74) is 1.20. The number of carboxylic acids is 1. The highest BCUT2D eigenvalue weighted by atomic mass is 79.9. The quantitative estimate of drug-likeness (QED) is 0.750. The Labute approximate surface area is 132 Å². The molecule has 2 rings (SSSR count). The predicted octanol–water partition coefficient (Wildman–Crippen LogP) is 2.93. The van der Waals surface area contributed by atoms with Crippen molar-refractivity contribution in [1.29, 1.82) is 0 Å². The molecule has 0 heterocycles. The first kappa shape index (κ1) is 16.2. The molecular formula is C14H16BrNO4S. The molecule has 114 valence electrons. The van der Waals surface area contributed by atoms with Crippen molar-refractivity contribution < 1.29 is 18.3 Å². The van der Waals surface area contributed by atoms with E-state index in [0.717, 1.165) is 25.3 Å². The maximum atomic E-state index is 12.2. The highest BCUT2D eigenvalue weighted by Crippen LogP contribution is 2.22. The summed E-state index contributed by atoms with van der Waals surface area (Å²) in [4.78, 5) is 11.0. The van der Waals surface area contributed by atoms with Crippen molar-refractivity contribution in [1.82, 2.24) is 4.72 Å². The first-order chi connectivity index (χ1) is 9.90. The van der Waals surface area contributed by atoms with E-state index in [2.05, 4.69) is 26.7 Å². The molecule has 0 aliphatic heterocycles. The molecular weight excluding hydrogens is 358 g/mol. The second kappa shape index (κ2) is 6.72. The number of hydrogen-bond acceptors (Lipinski definition) is 3. The lowest BCUT2D eigenvalue weighted by molar-refractivity contribution is 0.0695. The molecule has 0 unspecified atom stereocenters. The average molecular weight is 374 g/mol. The van der Waals surface area contributed by atoms with Gasteiger partial charge in [-0.25, -0.2) is 17.9 Å². The number of benzene rings is 1. The summed E-state index contributed by atoms with van der Waals surface area (Å²) in [5, 5.41) is 9.02. The Morgan fingerprint density at radius 2 is 2.14 bits per heavy atom. The van der Waals surface area contributed by atoms with Crippen LogP contribution in [0.15, 0.2) is 39.2 Å². The molecule has 1 aliphatic carbocycles. The van der Waals surface area contributed by atoms with Crippen LogP contribution in [-0.4, -0.2) is 26.0 Å². The Hall–Kier alpha value is -1.18. The lowest BCUT2D eigenvalue weighted by atomic mass is 10.2. The Bertz CT molecular complexity index is 682. The summed E-state index contributed by atoms with van der Waals surface area (Å²) in [6.07, 6.45) is 6.08. The standard InChI is InChI=1S/C14H16BrNO4S/c15-13-6-5-11(9-12(13)14(17)18)21(19,20)16-8-7-10-3-1-2-4-10/h3,5-6,9,16H,1-2,4,7-8H2,(H,17,18). The van der Waals surface area contributed by atoms with Gasteiger partial charge in [0.1, 0.15) is 0 Å². The predicted molar refractivity (Wildman–Crippen MR) is 82.8 cm³/mol. The van der Waals surface area contributed by atoms with Gasteiger partial charge in [-0.1, -0.05) is 11.6 Å². The number of aromatic carboxylic acids is 1. The van der Waals surface area contributed by atoms with Crippen molar-refractivity contribution >= 4 is 31.9 Å². The number of allylic oxidation sites excluding steroid dienone is 1. The van der Waals surface area contributed by atoms with Crippen molar-refractivity contribution in [3.05, 3.63) is 39.9 Å². The fourth-order valence-corrected chi connectivity index (χ4v) is 3.70. The van der Waals surface area contributed by atoms with E-state index in [4.69, 9.17) is 5.11 Å². The van der Waals surface area contributed by atoms with Gasteiger partial charge in [0, 0.05) is 11.0 Å². The van der Waals surface area contributed by atoms with E-state index in [1.165, 1.54) is 17.7 Å². The normalized spacial score (nSPS) is 15.0. The molecule has 0 saturated carbocycles. The molecule has 1 aromatic carbocycles. The van der Waals surface area contributed by atoms with Gasteiger partial charge in [-0.15, -0.1) is 0 Å². The van der Waals surface area contributed by atoms with Gasteiger partial charge >= 0.3 is 5.97 Å². The maximum absolute atomic E-state index is 12.2. The third-order valence-corrected chi connectivity index (χ3v) is 5.50. The van der Waals surface area contributed by atoms with Gasteiger partial charge in [0.15, 0.2) is 0 Å². The molecule has 0 saturated heterocycles. The van der Waals surface area contributed by atoms with E-state index >= 15 is 0 Å². The van der Waals surface area contributed by atoms with Crippen molar-refractivity contribution in [2.24, 2.45) is 0 Å². The Morgan fingerprint density at radius 1 is 1.38 bits per heavy atom. The van der Waals surface area contributed by atoms with E-state index in [1.807, 2.05) is 0 Å². The highest BCUT2D eigenvalue weighted by Gasteiger charge is 2.18. The molecule has 0 spiro atoms. The third kappa shape index (κ3) is 4.15. The summed E-state index contributed by atoms with van der Waals surface area (Å²) in [6.45, 7) is 0.326. The van der Waals surface area contributed by atoms with Gasteiger partial charge < -0.3 is 5.11 Å². The fourth-order valence-electron chi connectivity index (χ4n) is 2.23. The van der Waals surface area contributed by atoms with Crippen LogP contribution in [0.2, 0.25) is 0 Å². The van der Waals surface area contributed by atoms with Crippen LogP contribution in [0, 0.1) is 0 Å². The molecule has 1 aromatic rings. The van der Waals surface area contributed by atoms with Crippen LogP contribution < -0.4 is 4.72 Å². The van der Waals surface area contributed by atoms with E-state index < -0.39 is 16.0 Å². The van der Waals surface area contributed by atoms with Crippen molar-refractivity contribution in [3.8, 4) is 0 Å². The first-order valence-electron chi connectivity index (χ1n) is 6.60. The monoisotopic (exact) mass is 373 g/mol. The molecule has 0 radical (unpaired) electrons. The van der Waals surface area contributed by atoms with Gasteiger partial charge in [0.2, 0.25) is 10.0 Å². The van der Waals surface area contributed by atoms with E-state index in [0.29, 0.717) is 17.4 Å². The van der Waals surface area contributed by atoms with E-state index in [-0.39, 0.29) is 10.5 Å². The van der Waals surface area contributed by atoms with Crippen LogP contribution in [0.5, 0.6) is 0 Å². The molecule has 0 atom stereocenters. The molecule has 2 N–H and O–H groups in total. The van der Waals surface area contributed by atoms with Crippen LogP contribution in [0.1, 0.15) is 36.0 Å². The highest BCUT2D eigenvalue weighted by molar-refractivity contribution is 9.10. The summed E-state index contributed by atoms with van der Waals surface area (Å²) in [7, 11) is -3.69.